The number of Topliss-reactive ketones (excluding diaryl/α,β-unsaturated/α-hetero) is 1. The van der Waals surface area contributed by atoms with Gasteiger partial charge in [-0.25, -0.2) is 23.7 Å². The molecule has 192 valence electrons. The van der Waals surface area contributed by atoms with E-state index in [0.717, 1.165) is 31.5 Å². The standard InChI is InChI=1S/C24H19F5N6O2/c1-35-12-16(11-33-35)34-23-31-9-15(10-32-23)18-7-20(25)14(6-21(18)26)5-17(36)3-13-4-19(24(27,28)29)22(37-2)30-8-13/h4,6-12H,3,5H2,1-2H3,(H,31,32,34). The molecule has 0 atom stereocenters. The molecule has 0 aliphatic heterocycles. The molecule has 8 nitrogen and oxygen atoms in total. The van der Waals surface area contributed by atoms with Crippen LogP contribution in [0.2, 0.25) is 0 Å². The normalized spacial score (nSPS) is 11.4. The molecule has 4 aromatic rings. The van der Waals surface area contributed by atoms with Crippen LogP contribution >= 0.6 is 0 Å². The Morgan fingerprint density at radius 1 is 1.00 bits per heavy atom. The van der Waals surface area contributed by atoms with Gasteiger partial charge in [-0.2, -0.15) is 18.3 Å². The summed E-state index contributed by atoms with van der Waals surface area (Å²) in [5.41, 5.74) is -0.676. The molecule has 37 heavy (non-hydrogen) atoms. The summed E-state index contributed by atoms with van der Waals surface area (Å²) in [6.45, 7) is 0. The Bertz CT molecular complexity index is 1440. The largest absolute Gasteiger partial charge is 0.481 e. The molecule has 0 saturated carbocycles. The van der Waals surface area contributed by atoms with Crippen LogP contribution in [0.3, 0.4) is 0 Å². The number of ketones is 1. The van der Waals surface area contributed by atoms with Gasteiger partial charge >= 0.3 is 6.18 Å². The summed E-state index contributed by atoms with van der Waals surface area (Å²) in [5, 5.41) is 6.92. The zero-order chi connectivity index (χ0) is 26.7. The fourth-order valence-corrected chi connectivity index (χ4v) is 3.55. The molecule has 1 N–H and O–H groups in total. The number of aromatic nitrogens is 5. The van der Waals surface area contributed by atoms with Gasteiger partial charge in [-0.05, 0) is 29.3 Å². The third kappa shape index (κ3) is 6.05. The lowest BCUT2D eigenvalue weighted by Gasteiger charge is -2.12. The third-order valence-corrected chi connectivity index (χ3v) is 5.26. The number of benzene rings is 1. The zero-order valence-corrected chi connectivity index (χ0v) is 19.5. The fourth-order valence-electron chi connectivity index (χ4n) is 3.55. The second-order valence-corrected chi connectivity index (χ2v) is 8.04. The minimum atomic E-state index is -4.74. The first-order chi connectivity index (χ1) is 17.5. The van der Waals surface area contributed by atoms with Gasteiger partial charge in [-0.3, -0.25) is 9.48 Å². The average molecular weight is 518 g/mol. The van der Waals surface area contributed by atoms with E-state index in [-0.39, 0.29) is 28.2 Å². The van der Waals surface area contributed by atoms with E-state index in [1.807, 2.05) is 0 Å². The van der Waals surface area contributed by atoms with Gasteiger partial charge in [-0.1, -0.05) is 0 Å². The first-order valence-corrected chi connectivity index (χ1v) is 10.7. The van der Waals surface area contributed by atoms with Crippen LogP contribution in [0.15, 0.2) is 49.2 Å². The number of pyridine rings is 1. The minimum absolute atomic E-state index is 0.0345. The number of carbonyl (C=O) groups excluding carboxylic acids is 1. The van der Waals surface area contributed by atoms with Crippen molar-refractivity contribution in [3.8, 4) is 17.0 Å². The number of nitrogens with zero attached hydrogens (tertiary/aromatic N) is 5. The highest BCUT2D eigenvalue weighted by atomic mass is 19.4. The van der Waals surface area contributed by atoms with Gasteiger partial charge in [0.15, 0.2) is 0 Å². The van der Waals surface area contributed by atoms with Crippen molar-refractivity contribution in [2.24, 2.45) is 7.05 Å². The summed E-state index contributed by atoms with van der Waals surface area (Å²) in [6.07, 6.45) is 1.23. The smallest absolute Gasteiger partial charge is 0.421 e. The number of halogens is 5. The molecule has 3 heterocycles. The zero-order valence-electron chi connectivity index (χ0n) is 19.5. The Labute approximate surface area is 207 Å². The molecule has 0 aliphatic rings. The maximum absolute atomic E-state index is 14.8. The van der Waals surface area contributed by atoms with Crippen LogP contribution in [0.5, 0.6) is 5.88 Å². The van der Waals surface area contributed by atoms with E-state index in [1.165, 1.54) is 12.4 Å². The lowest BCUT2D eigenvalue weighted by Crippen LogP contribution is -2.12. The van der Waals surface area contributed by atoms with Crippen LogP contribution in [0.1, 0.15) is 16.7 Å². The average Bonchev–Trinajstić information content (AvgIpc) is 3.25. The molecule has 0 radical (unpaired) electrons. The highest BCUT2D eigenvalue weighted by Gasteiger charge is 2.35. The van der Waals surface area contributed by atoms with Crippen molar-refractivity contribution in [3.63, 3.8) is 0 Å². The van der Waals surface area contributed by atoms with Crippen LogP contribution < -0.4 is 10.1 Å². The van der Waals surface area contributed by atoms with Crippen molar-refractivity contribution in [2.75, 3.05) is 12.4 Å². The van der Waals surface area contributed by atoms with E-state index >= 15 is 0 Å². The van der Waals surface area contributed by atoms with Gasteiger partial charge in [0, 0.05) is 55.8 Å². The van der Waals surface area contributed by atoms with Crippen molar-refractivity contribution in [2.45, 2.75) is 19.0 Å². The molecule has 0 spiro atoms. The second kappa shape index (κ2) is 10.3. The molecule has 4 rings (SSSR count). The molecule has 0 amide bonds. The van der Waals surface area contributed by atoms with Crippen LogP contribution in [0.25, 0.3) is 11.1 Å². The van der Waals surface area contributed by atoms with Gasteiger partial charge in [0.05, 0.1) is 19.0 Å². The Kier molecular flexibility index (Phi) is 7.14. The highest BCUT2D eigenvalue weighted by molar-refractivity contribution is 5.83. The van der Waals surface area contributed by atoms with E-state index in [9.17, 15) is 26.7 Å². The van der Waals surface area contributed by atoms with Crippen LogP contribution in [-0.4, -0.2) is 37.6 Å². The summed E-state index contributed by atoms with van der Waals surface area (Å²) in [5.74, 6) is -2.70. The maximum Gasteiger partial charge on any atom is 0.421 e. The quantitative estimate of drug-likeness (QED) is 0.339. The monoisotopic (exact) mass is 518 g/mol. The number of alkyl halides is 3. The lowest BCUT2D eigenvalue weighted by molar-refractivity contribution is -0.139. The van der Waals surface area contributed by atoms with E-state index in [1.54, 1.807) is 24.1 Å². The number of rotatable bonds is 8. The van der Waals surface area contributed by atoms with Crippen molar-refractivity contribution in [1.29, 1.82) is 0 Å². The third-order valence-electron chi connectivity index (χ3n) is 5.26. The Balaban J connectivity index is 1.47. The van der Waals surface area contributed by atoms with Crippen molar-refractivity contribution in [1.82, 2.24) is 24.7 Å². The van der Waals surface area contributed by atoms with Gasteiger partial charge < -0.3 is 10.1 Å². The Morgan fingerprint density at radius 2 is 1.73 bits per heavy atom. The topological polar surface area (TPSA) is 94.8 Å². The molecule has 0 unspecified atom stereocenters. The first kappa shape index (κ1) is 25.7. The predicted octanol–water partition coefficient (Wildman–Crippen LogP) is 4.68. The molecule has 0 aliphatic carbocycles. The molecular weight excluding hydrogens is 499 g/mol. The van der Waals surface area contributed by atoms with Crippen LogP contribution in [0, 0.1) is 11.6 Å². The Morgan fingerprint density at radius 3 is 2.35 bits per heavy atom. The fraction of sp³-hybridized carbons (Fsp3) is 0.208. The number of hydrogen-bond donors (Lipinski definition) is 1. The van der Waals surface area contributed by atoms with Crippen molar-refractivity contribution < 1.29 is 31.5 Å². The summed E-state index contributed by atoms with van der Waals surface area (Å²) in [7, 11) is 2.78. The number of anilines is 2. The number of carbonyl (C=O) groups is 1. The van der Waals surface area contributed by atoms with E-state index in [2.05, 4.69) is 30.1 Å². The van der Waals surface area contributed by atoms with E-state index in [4.69, 9.17) is 0 Å². The number of hydrogen-bond acceptors (Lipinski definition) is 7. The van der Waals surface area contributed by atoms with Gasteiger partial charge in [0.1, 0.15) is 23.0 Å². The predicted molar refractivity (Wildman–Crippen MR) is 122 cm³/mol. The van der Waals surface area contributed by atoms with E-state index < -0.39 is 47.9 Å². The van der Waals surface area contributed by atoms with E-state index in [0.29, 0.717) is 5.69 Å². The van der Waals surface area contributed by atoms with Crippen LogP contribution in [0.4, 0.5) is 33.6 Å². The summed E-state index contributed by atoms with van der Waals surface area (Å²) >= 11 is 0. The maximum atomic E-state index is 14.8. The molecule has 1 aromatic carbocycles. The highest BCUT2D eigenvalue weighted by Crippen LogP contribution is 2.35. The van der Waals surface area contributed by atoms with Crippen LogP contribution in [-0.2, 0) is 30.9 Å². The molecule has 3 aromatic heterocycles. The molecular formula is C24H19F5N6O2. The summed E-state index contributed by atoms with van der Waals surface area (Å²) < 4.78 is 75.3. The second-order valence-electron chi connectivity index (χ2n) is 8.04. The Hall–Kier alpha value is -4.42. The number of nitrogens with one attached hydrogen (secondary N) is 1. The first-order valence-electron chi connectivity index (χ1n) is 10.7. The molecule has 0 saturated heterocycles. The van der Waals surface area contributed by atoms with Gasteiger partial charge in [0.25, 0.3) is 0 Å². The molecule has 13 heteroatoms. The number of methoxy groups -OCH3 is 1. The summed E-state index contributed by atoms with van der Waals surface area (Å²) in [4.78, 5) is 24.2. The SMILES string of the molecule is COc1ncc(CC(=O)Cc2cc(F)c(-c3cnc(Nc4cnn(C)c4)nc3)cc2F)cc1C(F)(F)F. The van der Waals surface area contributed by atoms with Crippen molar-refractivity contribution >= 4 is 17.4 Å². The van der Waals surface area contributed by atoms with Gasteiger partial charge in [0.2, 0.25) is 11.8 Å². The number of ether oxygens (including phenoxy) is 1. The minimum Gasteiger partial charge on any atom is -0.481 e. The summed E-state index contributed by atoms with van der Waals surface area (Å²) in [6, 6.07) is 2.54. The van der Waals surface area contributed by atoms with Gasteiger partial charge in [-0.15, -0.1) is 0 Å². The van der Waals surface area contributed by atoms with Crippen molar-refractivity contribution in [3.05, 3.63) is 77.5 Å². The molecule has 0 fully saturated rings. The molecule has 0 bridgehead atoms. The lowest BCUT2D eigenvalue weighted by atomic mass is 9.99. The number of aryl methyl sites for hydroxylation is 1.